The van der Waals surface area contributed by atoms with Crippen LogP contribution < -0.4 is 10.5 Å². The predicted octanol–water partition coefficient (Wildman–Crippen LogP) is 1.21. The summed E-state index contributed by atoms with van der Waals surface area (Å²) in [5, 5.41) is 53.2. The van der Waals surface area contributed by atoms with Gasteiger partial charge in [-0.2, -0.15) is 0 Å². The van der Waals surface area contributed by atoms with Crippen molar-refractivity contribution in [2.75, 3.05) is 7.11 Å². The third-order valence-corrected chi connectivity index (χ3v) is 7.84. The first kappa shape index (κ1) is 26.3. The van der Waals surface area contributed by atoms with E-state index in [9.17, 15) is 30.0 Å². The Balaban J connectivity index is 1.68. The molecule has 0 unspecified atom stereocenters. The second-order valence-corrected chi connectivity index (χ2v) is 10.2. The van der Waals surface area contributed by atoms with Crippen molar-refractivity contribution in [3.8, 4) is 17.2 Å². The van der Waals surface area contributed by atoms with Crippen molar-refractivity contribution >= 4 is 17.3 Å². The Morgan fingerprint density at radius 1 is 1.21 bits per heavy atom. The number of aliphatic hydroxyl groups excluding tert-OH is 1. The van der Waals surface area contributed by atoms with Gasteiger partial charge >= 0.3 is 0 Å². The molecule has 1 heterocycles. The number of carbonyl (C=O) groups excluding carboxylic acids is 2. The summed E-state index contributed by atoms with van der Waals surface area (Å²) < 4.78 is 17.2. The van der Waals surface area contributed by atoms with Crippen molar-refractivity contribution in [3.05, 3.63) is 51.6 Å². The van der Waals surface area contributed by atoms with Gasteiger partial charge in [-0.3, -0.25) is 15.0 Å². The number of nitrogens with two attached hydrogens (primary N) is 1. The number of aliphatic hydroxyl groups is 2. The highest BCUT2D eigenvalue weighted by molar-refractivity contribution is 6.32. The largest absolute Gasteiger partial charge is 0.507 e. The van der Waals surface area contributed by atoms with E-state index in [0.29, 0.717) is 0 Å². The van der Waals surface area contributed by atoms with Crippen molar-refractivity contribution < 1.29 is 44.2 Å². The van der Waals surface area contributed by atoms with Gasteiger partial charge in [-0.1, -0.05) is 12.1 Å². The zero-order chi connectivity index (χ0) is 27.7. The number of ether oxygens (including phenoxy) is 3. The lowest BCUT2D eigenvalue weighted by Crippen LogP contribution is -2.52. The summed E-state index contributed by atoms with van der Waals surface area (Å²) in [6.45, 7) is 2.82. The molecule has 0 saturated carbocycles. The van der Waals surface area contributed by atoms with Gasteiger partial charge in [0.05, 0.1) is 47.8 Å². The number of nitrogens with one attached hydrogen (secondary N) is 1. The van der Waals surface area contributed by atoms with Gasteiger partial charge in [0.1, 0.15) is 22.8 Å². The summed E-state index contributed by atoms with van der Waals surface area (Å²) in [6.07, 6.45) is -4.30. The summed E-state index contributed by atoms with van der Waals surface area (Å²) in [5.41, 5.74) is 3.62. The molecule has 38 heavy (non-hydrogen) atoms. The van der Waals surface area contributed by atoms with Crippen molar-refractivity contribution in [2.24, 2.45) is 5.73 Å². The molecule has 11 nitrogen and oxygen atoms in total. The minimum atomic E-state index is -1.97. The van der Waals surface area contributed by atoms with Crippen LogP contribution in [0.15, 0.2) is 18.2 Å². The molecule has 0 amide bonds. The molecule has 5 rings (SSSR count). The number of aromatic hydroxyl groups is 2. The fourth-order valence-corrected chi connectivity index (χ4v) is 5.70. The Bertz CT molecular complexity index is 1360. The number of fused-ring (bicyclic) bond motifs is 3. The summed E-state index contributed by atoms with van der Waals surface area (Å²) >= 11 is 0. The Hall–Kier alpha value is -3.35. The number of phenols is 2. The van der Waals surface area contributed by atoms with E-state index in [1.54, 1.807) is 19.1 Å². The Morgan fingerprint density at radius 2 is 1.92 bits per heavy atom. The van der Waals surface area contributed by atoms with Gasteiger partial charge in [0.15, 0.2) is 17.9 Å². The molecule has 0 spiro atoms. The molecule has 7 N–H and O–H groups in total. The Kier molecular flexibility index (Phi) is 6.32. The molecule has 202 valence electrons. The maximum absolute atomic E-state index is 13.5. The van der Waals surface area contributed by atoms with E-state index < -0.39 is 59.3 Å². The normalized spacial score (nSPS) is 30.3. The van der Waals surface area contributed by atoms with Crippen LogP contribution in [-0.4, -0.2) is 75.0 Å². The van der Waals surface area contributed by atoms with Gasteiger partial charge in [0, 0.05) is 42.0 Å². The molecule has 1 aliphatic heterocycles. The molecule has 3 aliphatic rings. The maximum Gasteiger partial charge on any atom is 0.198 e. The molecule has 0 aromatic heterocycles. The van der Waals surface area contributed by atoms with Gasteiger partial charge in [-0.25, -0.2) is 0 Å². The first-order valence-electron chi connectivity index (χ1n) is 12.3. The fraction of sp³-hybridized carbons (Fsp3) is 0.444. The smallest absolute Gasteiger partial charge is 0.198 e. The molecule has 0 radical (unpaired) electrons. The van der Waals surface area contributed by atoms with Crippen LogP contribution in [0.1, 0.15) is 71.0 Å². The highest BCUT2D eigenvalue weighted by Crippen LogP contribution is 2.52. The quantitative estimate of drug-likeness (QED) is 0.269. The number of hydrogen-bond donors (Lipinski definition) is 6. The minimum Gasteiger partial charge on any atom is -0.507 e. The number of ketones is 2. The second kappa shape index (κ2) is 9.14. The Labute approximate surface area is 218 Å². The van der Waals surface area contributed by atoms with Crippen LogP contribution >= 0.6 is 0 Å². The van der Waals surface area contributed by atoms with Crippen molar-refractivity contribution in [2.45, 2.75) is 69.4 Å². The van der Waals surface area contributed by atoms with Crippen molar-refractivity contribution in [3.63, 3.8) is 0 Å². The summed E-state index contributed by atoms with van der Waals surface area (Å²) in [7, 11) is 1.40. The maximum atomic E-state index is 13.5. The molecule has 11 heteroatoms. The van der Waals surface area contributed by atoms with Crippen LogP contribution in [-0.2, 0) is 20.7 Å². The number of phenolic OH excluding ortho intramolecular Hbond substituents is 2. The SMILES string of the molecule is COc1cccc2c1C(=N)c1c(O)c3c(c(O)c1C2=O)C[C@@](O)(C(C)=O)C[C@H]3O[C@H]1C[C@@H](N)[C@@H](O)[C@H](C)O1. The van der Waals surface area contributed by atoms with E-state index in [1.807, 2.05) is 0 Å². The van der Waals surface area contributed by atoms with Crippen LogP contribution in [0.25, 0.3) is 0 Å². The molecule has 1 saturated heterocycles. The number of carbonyl (C=O) groups is 2. The number of benzene rings is 2. The van der Waals surface area contributed by atoms with Crippen molar-refractivity contribution in [1.82, 2.24) is 0 Å². The van der Waals surface area contributed by atoms with E-state index in [1.165, 1.54) is 20.1 Å². The van der Waals surface area contributed by atoms with Crippen LogP contribution in [0.5, 0.6) is 17.2 Å². The molecule has 1 fully saturated rings. The standard InChI is InChI=1S/C27H30N2O9/c1-10-23(31)14(28)7-17(37-10)38-16-9-27(35,11(2)30)8-13-19(16)26(34)20-21(25(13)33)24(32)12-5-4-6-15(36-3)18(12)22(20)29/h4-6,10,14,16-17,23,29,31,33-35H,7-9,28H2,1-3H3/t10-,14+,16+,17-,23-,27-/m0/s1. The minimum absolute atomic E-state index is 0.0316. The number of methoxy groups -OCH3 is 1. The van der Waals surface area contributed by atoms with E-state index >= 15 is 0 Å². The first-order valence-corrected chi connectivity index (χ1v) is 12.3. The zero-order valence-corrected chi connectivity index (χ0v) is 21.1. The number of Topliss-reactive ketones (excluding diaryl/α,β-unsaturated/α-hetero) is 1. The lowest BCUT2D eigenvalue weighted by atomic mass is 9.72. The van der Waals surface area contributed by atoms with E-state index in [2.05, 4.69) is 0 Å². The number of hydrogen-bond acceptors (Lipinski definition) is 11. The van der Waals surface area contributed by atoms with Crippen LogP contribution in [0.4, 0.5) is 0 Å². The highest BCUT2D eigenvalue weighted by atomic mass is 16.7. The third-order valence-electron chi connectivity index (χ3n) is 7.84. The topological polar surface area (TPSA) is 193 Å². The number of rotatable bonds is 4. The molecule has 6 atom stereocenters. The van der Waals surface area contributed by atoms with Gasteiger partial charge in [0.25, 0.3) is 0 Å². The molecule has 0 bridgehead atoms. The molecule has 2 aromatic carbocycles. The molecule has 2 aliphatic carbocycles. The van der Waals surface area contributed by atoms with Crippen LogP contribution in [0.3, 0.4) is 0 Å². The molecular formula is C27H30N2O9. The Morgan fingerprint density at radius 3 is 2.55 bits per heavy atom. The first-order chi connectivity index (χ1) is 17.9. The van der Waals surface area contributed by atoms with Gasteiger partial charge in [-0.05, 0) is 19.9 Å². The van der Waals surface area contributed by atoms with Crippen LogP contribution in [0, 0.1) is 5.41 Å². The van der Waals surface area contributed by atoms with Crippen molar-refractivity contribution in [1.29, 1.82) is 5.41 Å². The van der Waals surface area contributed by atoms with Gasteiger partial charge in [-0.15, -0.1) is 0 Å². The summed E-state index contributed by atoms with van der Waals surface area (Å²) in [4.78, 5) is 26.0. The molecule has 2 aromatic rings. The van der Waals surface area contributed by atoms with E-state index in [4.69, 9.17) is 25.4 Å². The fourth-order valence-electron chi connectivity index (χ4n) is 5.70. The highest BCUT2D eigenvalue weighted by Gasteiger charge is 2.49. The lowest BCUT2D eigenvalue weighted by molar-refractivity contribution is -0.247. The zero-order valence-electron chi connectivity index (χ0n) is 21.1. The third kappa shape index (κ3) is 3.81. The summed E-state index contributed by atoms with van der Waals surface area (Å²) in [5.74, 6) is -2.01. The molecular weight excluding hydrogens is 496 g/mol. The van der Waals surface area contributed by atoms with Crippen LogP contribution in [0.2, 0.25) is 0 Å². The van der Waals surface area contributed by atoms with E-state index in [0.717, 1.165) is 0 Å². The predicted molar refractivity (Wildman–Crippen MR) is 133 cm³/mol. The van der Waals surface area contributed by atoms with E-state index in [-0.39, 0.29) is 64.1 Å². The van der Waals surface area contributed by atoms with Gasteiger partial charge < -0.3 is 40.4 Å². The van der Waals surface area contributed by atoms with Gasteiger partial charge in [0.2, 0.25) is 0 Å². The monoisotopic (exact) mass is 526 g/mol. The second-order valence-electron chi connectivity index (χ2n) is 10.2. The summed E-state index contributed by atoms with van der Waals surface area (Å²) in [6, 6.07) is 3.98. The average molecular weight is 527 g/mol. The average Bonchev–Trinajstić information content (AvgIpc) is 2.87. The lowest BCUT2D eigenvalue weighted by Gasteiger charge is -2.42.